The molecule has 8 heteroatoms. The van der Waals surface area contributed by atoms with Crippen LogP contribution in [-0.2, 0) is 4.74 Å². The lowest BCUT2D eigenvalue weighted by Gasteiger charge is -2.34. The normalized spacial score (nSPS) is 21.6. The van der Waals surface area contributed by atoms with Crippen LogP contribution >= 0.6 is 0 Å². The van der Waals surface area contributed by atoms with Crippen LogP contribution in [0.2, 0.25) is 0 Å². The van der Waals surface area contributed by atoms with Crippen LogP contribution < -0.4 is 10.6 Å². The molecular weight excluding hydrogens is 237 g/mol. The summed E-state index contributed by atoms with van der Waals surface area (Å²) < 4.78 is 42.2. The summed E-state index contributed by atoms with van der Waals surface area (Å²) in [4.78, 5) is 9.07. The number of rotatable bonds is 1. The predicted molar refractivity (Wildman–Crippen MR) is 54.5 cm³/mol. The highest BCUT2D eigenvalue weighted by Crippen LogP contribution is 2.27. The lowest BCUT2D eigenvalue weighted by Crippen LogP contribution is -2.49. The highest BCUT2D eigenvalue weighted by molar-refractivity contribution is 5.46. The molecule has 0 aromatic carbocycles. The van der Waals surface area contributed by atoms with Crippen LogP contribution in [0.4, 0.5) is 24.8 Å². The number of alkyl halides is 3. The number of morpholine rings is 1. The van der Waals surface area contributed by atoms with E-state index in [1.165, 1.54) is 17.3 Å². The molecule has 94 valence electrons. The van der Waals surface area contributed by atoms with E-state index in [1.807, 2.05) is 0 Å². The Balaban J connectivity index is 2.12. The van der Waals surface area contributed by atoms with Crippen molar-refractivity contribution in [3.8, 4) is 0 Å². The van der Waals surface area contributed by atoms with Gasteiger partial charge in [-0.05, 0) is 0 Å². The largest absolute Gasteiger partial charge is 0.416 e. The van der Waals surface area contributed by atoms with Crippen LogP contribution in [0.5, 0.6) is 0 Å². The van der Waals surface area contributed by atoms with Crippen LogP contribution in [0.1, 0.15) is 0 Å². The van der Waals surface area contributed by atoms with Crippen LogP contribution in [0.15, 0.2) is 12.4 Å². The number of nitrogens with two attached hydrogens (primary N) is 1. The summed E-state index contributed by atoms with van der Waals surface area (Å²) in [6.45, 7) is 0.0804. The molecule has 1 aliphatic heterocycles. The van der Waals surface area contributed by atoms with Gasteiger partial charge in [0, 0.05) is 12.6 Å². The Bertz CT molecular complexity index is 398. The van der Waals surface area contributed by atoms with E-state index in [9.17, 15) is 13.2 Å². The molecule has 1 unspecified atom stereocenters. The Morgan fingerprint density at radius 1 is 1.41 bits per heavy atom. The van der Waals surface area contributed by atoms with E-state index in [0.29, 0.717) is 12.4 Å². The number of hydrogen-bond acceptors (Lipinski definition) is 5. The summed E-state index contributed by atoms with van der Waals surface area (Å²) >= 11 is 0. The number of aromatic nitrogens is 2. The Hall–Kier alpha value is -1.57. The summed E-state index contributed by atoms with van der Waals surface area (Å²) in [5, 5.41) is 0. The maximum atomic E-state index is 12.5. The lowest BCUT2D eigenvalue weighted by molar-refractivity contribution is -0.221. The lowest BCUT2D eigenvalue weighted by atomic mass is 10.2. The van der Waals surface area contributed by atoms with E-state index >= 15 is 0 Å². The topological polar surface area (TPSA) is 64.3 Å². The third kappa shape index (κ3) is 2.76. The predicted octanol–water partition coefficient (Wildman–Crippen LogP) is 0.826. The molecule has 0 aliphatic carbocycles. The van der Waals surface area contributed by atoms with Crippen LogP contribution in [0.3, 0.4) is 0 Å². The van der Waals surface area contributed by atoms with Crippen LogP contribution in [-0.4, -0.2) is 41.9 Å². The first kappa shape index (κ1) is 11.9. The Morgan fingerprint density at radius 3 is 2.82 bits per heavy atom. The van der Waals surface area contributed by atoms with Crippen molar-refractivity contribution >= 4 is 11.6 Å². The van der Waals surface area contributed by atoms with Gasteiger partial charge in [0.1, 0.15) is 18.0 Å². The Labute approximate surface area is 95.4 Å². The second-order valence-corrected chi connectivity index (χ2v) is 3.65. The molecule has 5 nitrogen and oxygen atoms in total. The van der Waals surface area contributed by atoms with E-state index in [0.717, 1.165) is 0 Å². The fourth-order valence-electron chi connectivity index (χ4n) is 1.59. The molecule has 2 N–H and O–H groups in total. The number of ether oxygens (including phenoxy) is 1. The SMILES string of the molecule is Nc1cc(N2CCOC(C(F)(F)F)C2)ncn1. The van der Waals surface area contributed by atoms with E-state index in [-0.39, 0.29) is 19.0 Å². The van der Waals surface area contributed by atoms with Gasteiger partial charge in [0.25, 0.3) is 0 Å². The molecule has 1 fully saturated rings. The van der Waals surface area contributed by atoms with Crippen molar-refractivity contribution in [1.82, 2.24) is 9.97 Å². The fourth-order valence-corrected chi connectivity index (χ4v) is 1.59. The summed E-state index contributed by atoms with van der Waals surface area (Å²) in [7, 11) is 0. The minimum absolute atomic E-state index is 0.00802. The van der Waals surface area contributed by atoms with Gasteiger partial charge < -0.3 is 15.4 Å². The van der Waals surface area contributed by atoms with Gasteiger partial charge in [-0.25, -0.2) is 9.97 Å². The monoisotopic (exact) mass is 248 g/mol. The van der Waals surface area contributed by atoms with E-state index in [1.54, 1.807) is 0 Å². The second-order valence-electron chi connectivity index (χ2n) is 3.65. The van der Waals surface area contributed by atoms with Gasteiger partial charge in [0.15, 0.2) is 6.10 Å². The van der Waals surface area contributed by atoms with Gasteiger partial charge in [-0.2, -0.15) is 13.2 Å². The van der Waals surface area contributed by atoms with E-state index < -0.39 is 12.3 Å². The molecule has 17 heavy (non-hydrogen) atoms. The summed E-state index contributed by atoms with van der Waals surface area (Å²) in [5.74, 6) is 0.611. The highest BCUT2D eigenvalue weighted by Gasteiger charge is 2.43. The van der Waals surface area contributed by atoms with E-state index in [2.05, 4.69) is 14.7 Å². The number of nitrogens with zero attached hydrogens (tertiary/aromatic N) is 3. The first-order valence-corrected chi connectivity index (χ1v) is 4.97. The molecule has 1 saturated heterocycles. The molecule has 0 radical (unpaired) electrons. The zero-order valence-electron chi connectivity index (χ0n) is 8.81. The molecule has 0 saturated carbocycles. The van der Waals surface area contributed by atoms with Gasteiger partial charge >= 0.3 is 6.18 Å². The number of hydrogen-bond donors (Lipinski definition) is 1. The van der Waals surface area contributed by atoms with Crippen molar-refractivity contribution in [3.05, 3.63) is 12.4 Å². The highest BCUT2D eigenvalue weighted by atomic mass is 19.4. The number of anilines is 2. The van der Waals surface area contributed by atoms with Crippen molar-refractivity contribution in [2.75, 3.05) is 30.3 Å². The molecular formula is C9H11F3N4O. The Morgan fingerprint density at radius 2 is 2.18 bits per heavy atom. The quantitative estimate of drug-likeness (QED) is 0.797. The van der Waals surface area contributed by atoms with Gasteiger partial charge in [-0.3, -0.25) is 0 Å². The molecule has 2 rings (SSSR count). The first-order chi connectivity index (χ1) is 7.97. The van der Waals surface area contributed by atoms with Crippen molar-refractivity contribution in [1.29, 1.82) is 0 Å². The third-order valence-corrected chi connectivity index (χ3v) is 2.43. The van der Waals surface area contributed by atoms with E-state index in [4.69, 9.17) is 5.73 Å². The molecule has 0 amide bonds. The fraction of sp³-hybridized carbons (Fsp3) is 0.556. The van der Waals surface area contributed by atoms with Crippen LogP contribution in [0, 0.1) is 0 Å². The summed E-state index contributed by atoms with van der Waals surface area (Å²) in [6, 6.07) is 1.44. The van der Waals surface area contributed by atoms with Crippen molar-refractivity contribution in [2.24, 2.45) is 0 Å². The van der Waals surface area contributed by atoms with Gasteiger partial charge in [-0.1, -0.05) is 0 Å². The zero-order valence-corrected chi connectivity index (χ0v) is 8.81. The molecule has 1 aromatic rings. The molecule has 0 bridgehead atoms. The van der Waals surface area contributed by atoms with Gasteiger partial charge in [0.05, 0.1) is 13.2 Å². The maximum absolute atomic E-state index is 12.5. The molecule has 1 atom stereocenters. The summed E-state index contributed by atoms with van der Waals surface area (Å²) in [5.41, 5.74) is 5.45. The molecule has 1 aliphatic rings. The van der Waals surface area contributed by atoms with Gasteiger partial charge in [-0.15, -0.1) is 0 Å². The molecule has 1 aromatic heterocycles. The third-order valence-electron chi connectivity index (χ3n) is 2.43. The average Bonchev–Trinajstić information content (AvgIpc) is 2.28. The van der Waals surface area contributed by atoms with Crippen molar-refractivity contribution in [2.45, 2.75) is 12.3 Å². The average molecular weight is 248 g/mol. The smallest absolute Gasteiger partial charge is 0.384 e. The van der Waals surface area contributed by atoms with Crippen LogP contribution in [0.25, 0.3) is 0 Å². The first-order valence-electron chi connectivity index (χ1n) is 4.97. The zero-order chi connectivity index (χ0) is 12.5. The van der Waals surface area contributed by atoms with Gasteiger partial charge in [0.2, 0.25) is 0 Å². The second kappa shape index (κ2) is 4.36. The molecule has 0 spiro atoms. The Kier molecular flexibility index (Phi) is 3.05. The number of halogens is 3. The standard InChI is InChI=1S/C9H11F3N4O/c10-9(11,12)6-4-16(1-2-17-6)8-3-7(13)14-5-15-8/h3,5-6H,1-2,4H2,(H2,13,14,15). The molecule has 2 heterocycles. The minimum atomic E-state index is -4.36. The summed E-state index contributed by atoms with van der Waals surface area (Å²) in [6.07, 6.45) is -4.92. The van der Waals surface area contributed by atoms with Crippen molar-refractivity contribution in [3.63, 3.8) is 0 Å². The minimum Gasteiger partial charge on any atom is -0.384 e. The number of nitrogen functional groups attached to an aromatic ring is 1. The van der Waals surface area contributed by atoms with Crippen molar-refractivity contribution < 1.29 is 17.9 Å². The maximum Gasteiger partial charge on any atom is 0.416 e.